The fourth-order valence-electron chi connectivity index (χ4n) is 10.7. The standard InChI is InChI=1S/C30H48O5/c1-25(2)12-14-30(24(34)35)15-13-28(6)17(21(30)23(25)33)8-9-20-27(5)16-18(31)22(32)26(3,4)19(27)10-11-29(20,28)7/h8,18-23,31-33H,9-16H2,1-7H3,(H,34,35)/t18-,19+,20-,21-,22-,23+,27+,28-,29-,30+/m1/s1. The van der Waals surface area contributed by atoms with E-state index >= 15 is 0 Å². The Morgan fingerprint density at radius 1 is 0.857 bits per heavy atom. The number of fused-ring (bicyclic) bond motifs is 7. The Morgan fingerprint density at radius 2 is 1.49 bits per heavy atom. The van der Waals surface area contributed by atoms with E-state index in [1.165, 1.54) is 5.57 Å². The number of allylic oxidation sites excluding steroid dienone is 1. The normalized spacial score (nSPS) is 54.4. The van der Waals surface area contributed by atoms with Crippen LogP contribution >= 0.6 is 0 Å². The highest BCUT2D eigenvalue weighted by molar-refractivity contribution is 5.77. The van der Waals surface area contributed by atoms with E-state index in [0.717, 1.165) is 32.1 Å². The largest absolute Gasteiger partial charge is 0.481 e. The topological polar surface area (TPSA) is 98.0 Å². The van der Waals surface area contributed by atoms with Crippen molar-refractivity contribution in [2.24, 2.45) is 50.2 Å². The van der Waals surface area contributed by atoms with Gasteiger partial charge in [0, 0.05) is 5.92 Å². The van der Waals surface area contributed by atoms with E-state index in [1.807, 2.05) is 0 Å². The van der Waals surface area contributed by atoms with Crippen LogP contribution in [0, 0.1) is 50.2 Å². The Balaban J connectivity index is 1.63. The molecule has 5 rings (SSSR count). The Labute approximate surface area is 211 Å². The van der Waals surface area contributed by atoms with E-state index in [9.17, 15) is 25.2 Å². The second kappa shape index (κ2) is 7.35. The van der Waals surface area contributed by atoms with Crippen LogP contribution < -0.4 is 0 Å². The number of carboxylic acid groups (broad SMARTS) is 1. The van der Waals surface area contributed by atoms with E-state index < -0.39 is 29.7 Å². The molecule has 198 valence electrons. The number of rotatable bonds is 1. The van der Waals surface area contributed by atoms with E-state index in [4.69, 9.17) is 0 Å². The fraction of sp³-hybridized carbons (Fsp3) is 0.900. The highest BCUT2D eigenvalue weighted by atomic mass is 16.4. The first-order valence-corrected chi connectivity index (χ1v) is 14.0. The molecule has 0 aliphatic heterocycles. The maximum Gasteiger partial charge on any atom is 0.310 e. The first-order valence-electron chi connectivity index (χ1n) is 14.0. The highest BCUT2D eigenvalue weighted by Crippen LogP contribution is 2.75. The van der Waals surface area contributed by atoms with Gasteiger partial charge in [0.2, 0.25) is 0 Å². The lowest BCUT2D eigenvalue weighted by Crippen LogP contribution is -2.68. The Kier molecular flexibility index (Phi) is 5.40. The van der Waals surface area contributed by atoms with Gasteiger partial charge in [-0.25, -0.2) is 0 Å². The van der Waals surface area contributed by atoms with Crippen molar-refractivity contribution in [3.63, 3.8) is 0 Å². The highest BCUT2D eigenvalue weighted by Gasteiger charge is 2.71. The Morgan fingerprint density at radius 3 is 2.11 bits per heavy atom. The van der Waals surface area contributed by atoms with Crippen molar-refractivity contribution in [2.45, 2.75) is 118 Å². The SMILES string of the molecule is CC1(C)CC[C@]2(C(=O)O)CC[C@]3(C)C(=CC[C@@H]4[C@@]5(C)C[C@@H](O)[C@@H](O)C(C)(C)[C@@H]5CC[C@]43C)[C@@H]2[C@@H]1O. The van der Waals surface area contributed by atoms with Gasteiger partial charge in [0.15, 0.2) is 0 Å². The molecule has 0 radical (unpaired) electrons. The number of aliphatic hydroxyl groups excluding tert-OH is 3. The molecule has 0 saturated heterocycles. The van der Waals surface area contributed by atoms with Gasteiger partial charge in [-0.1, -0.05) is 60.1 Å². The van der Waals surface area contributed by atoms with Crippen LogP contribution in [0.4, 0.5) is 0 Å². The summed E-state index contributed by atoms with van der Waals surface area (Å²) in [6.45, 7) is 15.6. The molecule has 0 aromatic rings. The molecule has 5 heteroatoms. The monoisotopic (exact) mass is 488 g/mol. The van der Waals surface area contributed by atoms with E-state index in [2.05, 4.69) is 54.5 Å². The summed E-state index contributed by atoms with van der Waals surface area (Å²) in [5.74, 6) is -0.420. The summed E-state index contributed by atoms with van der Waals surface area (Å²) in [7, 11) is 0. The predicted octanol–water partition coefficient (Wildman–Crippen LogP) is 5.18. The molecule has 10 atom stereocenters. The Hall–Kier alpha value is -0.910. The molecule has 0 aromatic carbocycles. The van der Waals surface area contributed by atoms with Crippen LogP contribution in [0.3, 0.4) is 0 Å². The van der Waals surface area contributed by atoms with Crippen LogP contribution in [-0.4, -0.2) is 44.7 Å². The molecule has 4 saturated carbocycles. The molecule has 5 nitrogen and oxygen atoms in total. The number of carbonyl (C=O) groups is 1. The third-order valence-electron chi connectivity index (χ3n) is 13.2. The molecular weight excluding hydrogens is 440 g/mol. The number of aliphatic carboxylic acids is 1. The van der Waals surface area contributed by atoms with Gasteiger partial charge >= 0.3 is 5.97 Å². The van der Waals surface area contributed by atoms with Crippen LogP contribution in [0.2, 0.25) is 0 Å². The average molecular weight is 489 g/mol. The minimum Gasteiger partial charge on any atom is -0.481 e. The van der Waals surface area contributed by atoms with Crippen LogP contribution in [0.5, 0.6) is 0 Å². The molecule has 5 aliphatic carbocycles. The summed E-state index contributed by atoms with van der Waals surface area (Å²) >= 11 is 0. The lowest BCUT2D eigenvalue weighted by atomic mass is 9.33. The zero-order valence-corrected chi connectivity index (χ0v) is 22.9. The fourth-order valence-corrected chi connectivity index (χ4v) is 10.7. The Bertz CT molecular complexity index is 952. The lowest BCUT2D eigenvalue weighted by molar-refractivity contribution is -0.234. The van der Waals surface area contributed by atoms with Crippen molar-refractivity contribution in [1.82, 2.24) is 0 Å². The maximum absolute atomic E-state index is 12.8. The van der Waals surface area contributed by atoms with Gasteiger partial charge in [0.05, 0.1) is 23.7 Å². The number of hydrogen-bond acceptors (Lipinski definition) is 4. The summed E-state index contributed by atoms with van der Waals surface area (Å²) in [5.41, 5.74) is -0.684. The lowest BCUT2D eigenvalue weighted by Gasteiger charge is -2.71. The molecule has 0 aromatic heterocycles. The summed E-state index contributed by atoms with van der Waals surface area (Å²) in [6, 6.07) is 0. The summed E-state index contributed by atoms with van der Waals surface area (Å²) in [4.78, 5) is 12.8. The summed E-state index contributed by atoms with van der Waals surface area (Å²) in [6.07, 6.45) is 6.54. The van der Waals surface area contributed by atoms with Crippen molar-refractivity contribution in [1.29, 1.82) is 0 Å². The van der Waals surface area contributed by atoms with Crippen LogP contribution in [0.25, 0.3) is 0 Å². The third kappa shape index (κ3) is 2.95. The first-order chi connectivity index (χ1) is 16.0. The molecule has 35 heavy (non-hydrogen) atoms. The second-order valence-corrected chi connectivity index (χ2v) is 15.2. The van der Waals surface area contributed by atoms with Gasteiger partial charge in [0.25, 0.3) is 0 Å². The molecule has 0 heterocycles. The minimum absolute atomic E-state index is 0.0492. The second-order valence-electron chi connectivity index (χ2n) is 15.2. The van der Waals surface area contributed by atoms with Crippen molar-refractivity contribution in [2.75, 3.05) is 0 Å². The molecule has 0 amide bonds. The number of hydrogen-bond donors (Lipinski definition) is 4. The molecule has 0 spiro atoms. The predicted molar refractivity (Wildman–Crippen MR) is 135 cm³/mol. The average Bonchev–Trinajstić information content (AvgIpc) is 2.75. The molecule has 0 bridgehead atoms. The summed E-state index contributed by atoms with van der Waals surface area (Å²) < 4.78 is 0. The smallest absolute Gasteiger partial charge is 0.310 e. The van der Waals surface area contributed by atoms with Gasteiger partial charge in [0.1, 0.15) is 0 Å². The van der Waals surface area contributed by atoms with E-state index in [-0.39, 0.29) is 33.0 Å². The molecule has 4 N–H and O–H groups in total. The van der Waals surface area contributed by atoms with Gasteiger partial charge in [-0.05, 0) is 90.3 Å². The molecule has 5 aliphatic rings. The van der Waals surface area contributed by atoms with Gasteiger partial charge in [-0.2, -0.15) is 0 Å². The van der Waals surface area contributed by atoms with Crippen molar-refractivity contribution >= 4 is 5.97 Å². The molecular formula is C30H48O5. The third-order valence-corrected chi connectivity index (χ3v) is 13.2. The van der Waals surface area contributed by atoms with Crippen molar-refractivity contribution < 1.29 is 25.2 Å². The van der Waals surface area contributed by atoms with Gasteiger partial charge in [-0.3, -0.25) is 4.79 Å². The first kappa shape index (κ1) is 25.7. The van der Waals surface area contributed by atoms with E-state index in [0.29, 0.717) is 31.1 Å². The van der Waals surface area contributed by atoms with Crippen molar-refractivity contribution in [3.05, 3.63) is 11.6 Å². The zero-order valence-electron chi connectivity index (χ0n) is 22.9. The molecule has 4 fully saturated rings. The maximum atomic E-state index is 12.8. The van der Waals surface area contributed by atoms with Gasteiger partial charge in [-0.15, -0.1) is 0 Å². The zero-order chi connectivity index (χ0) is 26.0. The number of aliphatic hydroxyl groups is 3. The minimum atomic E-state index is -0.877. The summed E-state index contributed by atoms with van der Waals surface area (Å²) in [5, 5.41) is 44.1. The number of carboxylic acids is 1. The van der Waals surface area contributed by atoms with Gasteiger partial charge < -0.3 is 20.4 Å². The molecule has 0 unspecified atom stereocenters. The van der Waals surface area contributed by atoms with E-state index in [1.54, 1.807) is 0 Å². The van der Waals surface area contributed by atoms with Crippen LogP contribution in [-0.2, 0) is 4.79 Å². The van der Waals surface area contributed by atoms with Crippen LogP contribution in [0.1, 0.15) is 99.8 Å². The van der Waals surface area contributed by atoms with Crippen LogP contribution in [0.15, 0.2) is 11.6 Å². The van der Waals surface area contributed by atoms with Crippen molar-refractivity contribution in [3.8, 4) is 0 Å². The quantitative estimate of drug-likeness (QED) is 0.382.